The number of hydrogen-bond acceptors (Lipinski definition) is 1. The van der Waals surface area contributed by atoms with Crippen molar-refractivity contribution in [3.8, 4) is 0 Å². The average Bonchev–Trinajstić information content (AvgIpc) is 2.47. The molecule has 0 aliphatic carbocycles. The first kappa shape index (κ1) is 18.4. The van der Waals surface area contributed by atoms with Crippen LogP contribution in [0.4, 0.5) is 0 Å². The van der Waals surface area contributed by atoms with Gasteiger partial charge in [-0.3, -0.25) is 4.79 Å². The van der Waals surface area contributed by atoms with Crippen molar-refractivity contribution in [3.05, 3.63) is 60.8 Å². The largest absolute Gasteiger partial charge is 0.299 e. The van der Waals surface area contributed by atoms with Gasteiger partial charge in [-0.15, -0.1) is 0 Å². The molecule has 0 rings (SSSR count). The molecule has 0 fully saturated rings. The van der Waals surface area contributed by atoms with Crippen molar-refractivity contribution in [2.24, 2.45) is 0 Å². The molecule has 0 aromatic carbocycles. The Labute approximate surface area is 124 Å². The Morgan fingerprint density at radius 3 is 1.70 bits per heavy atom. The summed E-state index contributed by atoms with van der Waals surface area (Å²) in [7, 11) is 0. The molecule has 0 aliphatic rings. The van der Waals surface area contributed by atoms with Gasteiger partial charge in [0.15, 0.2) is 0 Å². The number of carbonyl (C=O) groups is 1. The van der Waals surface area contributed by atoms with E-state index in [1.54, 1.807) is 6.08 Å². The van der Waals surface area contributed by atoms with Crippen LogP contribution in [0.5, 0.6) is 0 Å². The van der Waals surface area contributed by atoms with E-state index in [0.717, 1.165) is 6.29 Å². The molecule has 0 bridgehead atoms. The molecule has 0 N–H and O–H groups in total. The normalized spacial score (nSPS) is 12.8. The molecule has 0 radical (unpaired) electrons. The third-order valence-electron chi connectivity index (χ3n) is 2.83. The first-order valence-corrected chi connectivity index (χ1v) is 7.68. The summed E-state index contributed by atoms with van der Waals surface area (Å²) in [6.07, 6.45) is 29.3. The van der Waals surface area contributed by atoms with Gasteiger partial charge in [0, 0.05) is 0 Å². The lowest BCUT2D eigenvalue weighted by atomic mass is 10.1. The van der Waals surface area contributed by atoms with Crippen LogP contribution in [0.3, 0.4) is 0 Å². The molecule has 1 nitrogen and oxygen atoms in total. The van der Waals surface area contributed by atoms with Crippen molar-refractivity contribution < 1.29 is 4.79 Å². The lowest BCUT2D eigenvalue weighted by Gasteiger charge is -1.97. The second kappa shape index (κ2) is 17.4. The topological polar surface area (TPSA) is 17.1 Å². The van der Waals surface area contributed by atoms with Crippen LogP contribution in [0.1, 0.15) is 51.9 Å². The minimum absolute atomic E-state index is 0.766. The fourth-order valence-corrected chi connectivity index (χ4v) is 1.71. The van der Waals surface area contributed by atoms with E-state index < -0.39 is 0 Å². The molecule has 0 spiro atoms. The Balaban J connectivity index is 3.47. The fraction of sp³-hybridized carbons (Fsp3) is 0.421. The Hall–Kier alpha value is -1.63. The van der Waals surface area contributed by atoms with Gasteiger partial charge >= 0.3 is 0 Å². The standard InChI is InChI=1S/C19H28O/c1-2-3-4-5-6-7-8-9-10-11-12-13-14-15-16-17-18-19-20/h9-19H,2-8H2,1H3. The molecule has 0 saturated carbocycles. The van der Waals surface area contributed by atoms with Gasteiger partial charge in [0.05, 0.1) is 0 Å². The highest BCUT2D eigenvalue weighted by Crippen LogP contribution is 2.07. The Morgan fingerprint density at radius 2 is 1.10 bits per heavy atom. The maximum Gasteiger partial charge on any atom is 0.142 e. The summed E-state index contributed by atoms with van der Waals surface area (Å²) in [6, 6.07) is 0. The summed E-state index contributed by atoms with van der Waals surface area (Å²) < 4.78 is 0. The first-order valence-electron chi connectivity index (χ1n) is 7.68. The predicted octanol–water partition coefficient (Wildman–Crippen LogP) is 5.72. The number of allylic oxidation sites excluding steroid dienone is 10. The average molecular weight is 272 g/mol. The summed E-state index contributed by atoms with van der Waals surface area (Å²) in [5, 5.41) is 0. The van der Waals surface area contributed by atoms with Crippen molar-refractivity contribution in [1.82, 2.24) is 0 Å². The van der Waals surface area contributed by atoms with Gasteiger partial charge in [-0.2, -0.15) is 0 Å². The van der Waals surface area contributed by atoms with Gasteiger partial charge in [0.1, 0.15) is 6.29 Å². The molecule has 110 valence electrons. The van der Waals surface area contributed by atoms with Gasteiger partial charge in [-0.25, -0.2) is 0 Å². The summed E-state index contributed by atoms with van der Waals surface area (Å²) in [5.41, 5.74) is 0. The highest BCUT2D eigenvalue weighted by molar-refractivity contribution is 5.65. The van der Waals surface area contributed by atoms with Crippen molar-refractivity contribution in [1.29, 1.82) is 0 Å². The highest BCUT2D eigenvalue weighted by Gasteiger charge is 1.87. The van der Waals surface area contributed by atoms with Gasteiger partial charge in [-0.1, -0.05) is 93.7 Å². The van der Waals surface area contributed by atoms with Gasteiger partial charge in [0.2, 0.25) is 0 Å². The summed E-state index contributed by atoms with van der Waals surface area (Å²) in [4.78, 5) is 10.00. The van der Waals surface area contributed by atoms with Crippen molar-refractivity contribution >= 4 is 6.29 Å². The molecule has 0 heterocycles. The Morgan fingerprint density at radius 1 is 0.600 bits per heavy atom. The molecule has 0 unspecified atom stereocenters. The van der Waals surface area contributed by atoms with E-state index in [2.05, 4.69) is 19.1 Å². The highest BCUT2D eigenvalue weighted by atomic mass is 16.1. The van der Waals surface area contributed by atoms with Crippen molar-refractivity contribution in [3.63, 3.8) is 0 Å². The zero-order valence-corrected chi connectivity index (χ0v) is 12.7. The van der Waals surface area contributed by atoms with E-state index in [1.165, 1.54) is 51.0 Å². The van der Waals surface area contributed by atoms with E-state index in [4.69, 9.17) is 0 Å². The fourth-order valence-electron chi connectivity index (χ4n) is 1.71. The third-order valence-corrected chi connectivity index (χ3v) is 2.83. The number of aldehydes is 1. The van der Waals surface area contributed by atoms with E-state index in [1.807, 2.05) is 36.5 Å². The van der Waals surface area contributed by atoms with Crippen LogP contribution in [0, 0.1) is 0 Å². The monoisotopic (exact) mass is 272 g/mol. The zero-order valence-electron chi connectivity index (χ0n) is 12.7. The van der Waals surface area contributed by atoms with Crippen LogP contribution in [0.25, 0.3) is 0 Å². The molecule has 0 amide bonds. The number of unbranched alkanes of at least 4 members (excludes halogenated alkanes) is 6. The van der Waals surface area contributed by atoms with E-state index in [0.29, 0.717) is 0 Å². The zero-order chi connectivity index (χ0) is 14.7. The van der Waals surface area contributed by atoms with Crippen LogP contribution in [-0.4, -0.2) is 6.29 Å². The molecule has 0 aromatic rings. The quantitative estimate of drug-likeness (QED) is 0.192. The molecule has 1 heteroatoms. The molecular formula is C19H28O. The van der Waals surface area contributed by atoms with Gasteiger partial charge < -0.3 is 0 Å². The number of hydrogen-bond donors (Lipinski definition) is 0. The second-order valence-corrected chi connectivity index (χ2v) is 4.66. The summed E-state index contributed by atoms with van der Waals surface area (Å²) in [5.74, 6) is 0. The maximum atomic E-state index is 10.00. The SMILES string of the molecule is CCCCCCCCC=CC=CC=CC=CC=CC=O. The molecular weight excluding hydrogens is 244 g/mol. The second-order valence-electron chi connectivity index (χ2n) is 4.66. The van der Waals surface area contributed by atoms with Crippen LogP contribution >= 0.6 is 0 Å². The van der Waals surface area contributed by atoms with Crippen LogP contribution in [-0.2, 0) is 4.79 Å². The van der Waals surface area contributed by atoms with Gasteiger partial charge in [0.25, 0.3) is 0 Å². The third kappa shape index (κ3) is 16.4. The summed E-state index contributed by atoms with van der Waals surface area (Å²) >= 11 is 0. The van der Waals surface area contributed by atoms with E-state index >= 15 is 0 Å². The lowest BCUT2D eigenvalue weighted by molar-refractivity contribution is -0.104. The Bertz CT molecular complexity index is 343. The van der Waals surface area contributed by atoms with Crippen LogP contribution in [0.2, 0.25) is 0 Å². The number of rotatable bonds is 12. The molecule has 20 heavy (non-hydrogen) atoms. The number of carbonyl (C=O) groups excluding carboxylic acids is 1. The van der Waals surface area contributed by atoms with E-state index in [-0.39, 0.29) is 0 Å². The minimum Gasteiger partial charge on any atom is -0.299 e. The first-order chi connectivity index (χ1) is 9.91. The van der Waals surface area contributed by atoms with Gasteiger partial charge in [-0.05, 0) is 18.9 Å². The molecule has 0 aromatic heterocycles. The molecule has 0 aliphatic heterocycles. The minimum atomic E-state index is 0.766. The predicted molar refractivity (Wildman–Crippen MR) is 89.8 cm³/mol. The maximum absolute atomic E-state index is 10.00. The lowest BCUT2D eigenvalue weighted by Crippen LogP contribution is -1.77. The summed E-state index contributed by atoms with van der Waals surface area (Å²) in [6.45, 7) is 2.25. The molecule has 0 saturated heterocycles. The Kier molecular flexibility index (Phi) is 16.0. The van der Waals surface area contributed by atoms with Crippen molar-refractivity contribution in [2.75, 3.05) is 0 Å². The van der Waals surface area contributed by atoms with E-state index in [9.17, 15) is 4.79 Å². The van der Waals surface area contributed by atoms with Crippen LogP contribution in [0.15, 0.2) is 60.8 Å². The smallest absolute Gasteiger partial charge is 0.142 e. The molecule has 0 atom stereocenters. The van der Waals surface area contributed by atoms with Crippen LogP contribution < -0.4 is 0 Å². The van der Waals surface area contributed by atoms with Crippen molar-refractivity contribution in [2.45, 2.75) is 51.9 Å².